The van der Waals surface area contributed by atoms with Crippen LogP contribution in [0.15, 0.2) is 23.4 Å². The zero-order valence-electron chi connectivity index (χ0n) is 15.2. The average molecular weight is 441 g/mol. The summed E-state index contributed by atoms with van der Waals surface area (Å²) >= 11 is 13.2. The van der Waals surface area contributed by atoms with Crippen molar-refractivity contribution in [2.45, 2.75) is 19.0 Å². The Labute approximate surface area is 175 Å². The van der Waals surface area contributed by atoms with E-state index in [2.05, 4.69) is 36.0 Å². The number of rotatable bonds is 8. The second-order valence-electron chi connectivity index (χ2n) is 5.50. The van der Waals surface area contributed by atoms with Gasteiger partial charge >= 0.3 is 0 Å². The van der Waals surface area contributed by atoms with Crippen molar-refractivity contribution in [2.75, 3.05) is 34.8 Å². The molecule has 148 valence electrons. The lowest BCUT2D eigenvalue weighted by Crippen LogP contribution is -2.14. The molecule has 3 rings (SSSR count). The van der Waals surface area contributed by atoms with Gasteiger partial charge in [0.1, 0.15) is 0 Å². The van der Waals surface area contributed by atoms with Crippen molar-refractivity contribution < 1.29 is 4.79 Å². The standard InChI is InChI=1S/C16H18Cl2N8OS/c1-3-19-13-22-14(20-4-2)26-15(23-13)24-16(25-26)28-8-12(27)21-11-7-9(17)5-6-10(11)18/h5-7H,3-4,8H2,1-2H3,(H,21,27)(H2,19,20,22,23,24,25). The molecule has 1 amide bonds. The van der Waals surface area contributed by atoms with Crippen molar-refractivity contribution in [1.82, 2.24) is 24.6 Å². The summed E-state index contributed by atoms with van der Waals surface area (Å²) in [6.07, 6.45) is 0. The monoisotopic (exact) mass is 440 g/mol. The smallest absolute Gasteiger partial charge is 0.259 e. The molecule has 12 heteroatoms. The Morgan fingerprint density at radius 1 is 1.14 bits per heavy atom. The second-order valence-corrected chi connectivity index (χ2v) is 7.28. The SMILES string of the molecule is CCNc1nc(NCC)n2nc(SCC(=O)Nc3cc(Cl)ccc3Cl)nc2n1. The Kier molecular flexibility index (Phi) is 6.76. The van der Waals surface area contributed by atoms with E-state index in [0.717, 1.165) is 0 Å². The number of nitrogens with one attached hydrogen (secondary N) is 3. The van der Waals surface area contributed by atoms with Gasteiger partial charge in [0.15, 0.2) is 0 Å². The van der Waals surface area contributed by atoms with Crippen LogP contribution in [0.4, 0.5) is 17.6 Å². The summed E-state index contributed by atoms with van der Waals surface area (Å²) in [6, 6.07) is 4.87. The third-order valence-corrected chi connectivity index (χ3v) is 4.80. The lowest BCUT2D eigenvalue weighted by molar-refractivity contribution is -0.113. The molecule has 0 saturated carbocycles. The number of carbonyl (C=O) groups is 1. The average Bonchev–Trinajstić information content (AvgIpc) is 3.07. The molecule has 0 aliphatic heterocycles. The molecule has 0 radical (unpaired) electrons. The summed E-state index contributed by atoms with van der Waals surface area (Å²) in [4.78, 5) is 25.3. The highest BCUT2D eigenvalue weighted by Gasteiger charge is 2.14. The van der Waals surface area contributed by atoms with Crippen LogP contribution in [-0.2, 0) is 4.79 Å². The van der Waals surface area contributed by atoms with Gasteiger partial charge in [0.25, 0.3) is 5.78 Å². The number of anilines is 3. The minimum absolute atomic E-state index is 0.101. The Hall–Kier alpha value is -2.30. The van der Waals surface area contributed by atoms with E-state index < -0.39 is 0 Å². The first kappa shape index (κ1) is 20.4. The topological polar surface area (TPSA) is 109 Å². The lowest BCUT2D eigenvalue weighted by Gasteiger charge is -2.07. The van der Waals surface area contributed by atoms with Gasteiger partial charge in [0.2, 0.25) is 23.0 Å². The van der Waals surface area contributed by atoms with Crippen molar-refractivity contribution in [1.29, 1.82) is 0 Å². The van der Waals surface area contributed by atoms with Gasteiger partial charge in [-0.2, -0.15) is 19.5 Å². The second kappa shape index (κ2) is 9.26. The fraction of sp³-hybridized carbons (Fsp3) is 0.312. The highest BCUT2D eigenvalue weighted by molar-refractivity contribution is 7.99. The molecule has 0 saturated heterocycles. The van der Waals surface area contributed by atoms with Crippen LogP contribution in [0.25, 0.3) is 5.78 Å². The van der Waals surface area contributed by atoms with E-state index in [4.69, 9.17) is 23.2 Å². The Bertz CT molecular complexity index is 996. The predicted molar refractivity (Wildman–Crippen MR) is 113 cm³/mol. The van der Waals surface area contributed by atoms with Gasteiger partial charge in [-0.15, -0.1) is 5.10 Å². The van der Waals surface area contributed by atoms with Crippen LogP contribution < -0.4 is 16.0 Å². The minimum Gasteiger partial charge on any atom is -0.354 e. The van der Waals surface area contributed by atoms with Gasteiger partial charge in [-0.25, -0.2) is 0 Å². The van der Waals surface area contributed by atoms with Crippen LogP contribution in [0.2, 0.25) is 10.0 Å². The molecular formula is C16H18Cl2N8OS. The normalized spacial score (nSPS) is 10.9. The molecule has 9 nitrogen and oxygen atoms in total. The van der Waals surface area contributed by atoms with Crippen LogP contribution in [0.1, 0.15) is 13.8 Å². The molecule has 0 spiro atoms. The third kappa shape index (κ3) is 4.94. The minimum atomic E-state index is -0.251. The number of aromatic nitrogens is 5. The number of hydrogen-bond donors (Lipinski definition) is 3. The van der Waals surface area contributed by atoms with Crippen molar-refractivity contribution in [3.63, 3.8) is 0 Å². The van der Waals surface area contributed by atoms with Crippen molar-refractivity contribution in [2.24, 2.45) is 0 Å². The quantitative estimate of drug-likeness (QED) is 0.457. The fourth-order valence-electron chi connectivity index (χ4n) is 2.25. The van der Waals surface area contributed by atoms with Gasteiger partial charge in [-0.1, -0.05) is 35.0 Å². The summed E-state index contributed by atoms with van der Waals surface area (Å²) in [5, 5.41) is 14.6. The molecule has 0 aliphatic rings. The number of benzene rings is 1. The van der Waals surface area contributed by atoms with E-state index in [1.165, 1.54) is 16.3 Å². The number of carbonyl (C=O) groups excluding carboxylic acids is 1. The number of thioether (sulfide) groups is 1. The first-order valence-corrected chi connectivity index (χ1v) is 10.2. The fourth-order valence-corrected chi connectivity index (χ4v) is 3.20. The molecule has 3 aromatic rings. The van der Waals surface area contributed by atoms with E-state index in [0.29, 0.717) is 51.7 Å². The molecular weight excluding hydrogens is 423 g/mol. The molecule has 3 N–H and O–H groups in total. The van der Waals surface area contributed by atoms with Gasteiger partial charge in [-0.3, -0.25) is 4.79 Å². The third-order valence-electron chi connectivity index (χ3n) is 3.39. The Morgan fingerprint density at radius 3 is 2.68 bits per heavy atom. The number of amides is 1. The van der Waals surface area contributed by atoms with Gasteiger partial charge in [0, 0.05) is 18.1 Å². The van der Waals surface area contributed by atoms with Crippen molar-refractivity contribution in [3.05, 3.63) is 28.2 Å². The van der Waals surface area contributed by atoms with E-state index in [1.54, 1.807) is 18.2 Å². The first-order valence-electron chi connectivity index (χ1n) is 8.50. The zero-order chi connectivity index (χ0) is 20.1. The molecule has 0 fully saturated rings. The van der Waals surface area contributed by atoms with Gasteiger partial charge in [-0.05, 0) is 32.0 Å². The van der Waals surface area contributed by atoms with E-state index in [9.17, 15) is 4.79 Å². The predicted octanol–water partition coefficient (Wildman–Crippen LogP) is 3.42. The van der Waals surface area contributed by atoms with Gasteiger partial charge < -0.3 is 16.0 Å². The van der Waals surface area contributed by atoms with E-state index >= 15 is 0 Å². The maximum absolute atomic E-state index is 12.2. The number of nitrogens with zero attached hydrogens (tertiary/aromatic N) is 5. The Balaban J connectivity index is 1.72. The zero-order valence-corrected chi connectivity index (χ0v) is 17.5. The van der Waals surface area contributed by atoms with Crippen LogP contribution in [0, 0.1) is 0 Å². The maximum Gasteiger partial charge on any atom is 0.259 e. The lowest BCUT2D eigenvalue weighted by atomic mass is 10.3. The summed E-state index contributed by atoms with van der Waals surface area (Å²) in [5.74, 6) is 1.23. The largest absolute Gasteiger partial charge is 0.354 e. The van der Waals surface area contributed by atoms with Gasteiger partial charge in [0.05, 0.1) is 16.5 Å². The van der Waals surface area contributed by atoms with Crippen LogP contribution in [-0.4, -0.2) is 49.3 Å². The van der Waals surface area contributed by atoms with E-state index in [-0.39, 0.29) is 11.7 Å². The molecule has 28 heavy (non-hydrogen) atoms. The molecule has 2 heterocycles. The molecule has 1 aromatic carbocycles. The number of fused-ring (bicyclic) bond motifs is 1. The molecule has 0 atom stereocenters. The van der Waals surface area contributed by atoms with Crippen molar-refractivity contribution >= 4 is 64.2 Å². The van der Waals surface area contributed by atoms with Crippen molar-refractivity contribution in [3.8, 4) is 0 Å². The number of hydrogen-bond acceptors (Lipinski definition) is 8. The molecule has 0 unspecified atom stereocenters. The first-order chi connectivity index (χ1) is 13.5. The molecule has 0 aliphatic carbocycles. The summed E-state index contributed by atoms with van der Waals surface area (Å²) < 4.78 is 1.51. The van der Waals surface area contributed by atoms with E-state index in [1.807, 2.05) is 13.8 Å². The highest BCUT2D eigenvalue weighted by Crippen LogP contribution is 2.26. The highest BCUT2D eigenvalue weighted by atomic mass is 35.5. The maximum atomic E-state index is 12.2. The van der Waals surface area contributed by atoms with Crippen LogP contribution in [0.3, 0.4) is 0 Å². The van der Waals surface area contributed by atoms with Crippen LogP contribution in [0.5, 0.6) is 0 Å². The Morgan fingerprint density at radius 2 is 1.93 bits per heavy atom. The summed E-state index contributed by atoms with van der Waals surface area (Å²) in [5.41, 5.74) is 0.457. The summed E-state index contributed by atoms with van der Waals surface area (Å²) in [6.45, 7) is 5.27. The molecule has 2 aromatic heterocycles. The number of halogens is 2. The summed E-state index contributed by atoms with van der Waals surface area (Å²) in [7, 11) is 0. The van der Waals surface area contributed by atoms with Crippen LogP contribution >= 0.6 is 35.0 Å². The molecule has 0 bridgehead atoms.